The standard InChI is InChI=1S/C12H15BrN2O4S/c1-12(2)6-19-10-5-8(15-20(17,18)7-13)3-4-9(10)14-11(12)16/h3-5,15H,6-7H2,1-2H3,(H,14,16). The normalized spacial score (nSPS) is 17.4. The van der Waals surface area contributed by atoms with Crippen molar-refractivity contribution in [2.75, 3.05) is 21.3 Å². The van der Waals surface area contributed by atoms with Gasteiger partial charge in [0.05, 0.1) is 16.8 Å². The van der Waals surface area contributed by atoms with Crippen molar-refractivity contribution in [1.29, 1.82) is 0 Å². The fourth-order valence-electron chi connectivity index (χ4n) is 1.63. The van der Waals surface area contributed by atoms with E-state index in [2.05, 4.69) is 26.0 Å². The molecule has 2 N–H and O–H groups in total. The molecule has 20 heavy (non-hydrogen) atoms. The molecule has 6 nitrogen and oxygen atoms in total. The lowest BCUT2D eigenvalue weighted by molar-refractivity contribution is -0.124. The molecule has 2 rings (SSSR count). The van der Waals surface area contributed by atoms with Crippen LogP contribution in [0.3, 0.4) is 0 Å². The molecule has 0 saturated carbocycles. The third kappa shape index (κ3) is 3.24. The predicted octanol–water partition coefficient (Wildman–Crippen LogP) is 2.14. The molecule has 110 valence electrons. The van der Waals surface area contributed by atoms with Gasteiger partial charge in [0.1, 0.15) is 17.0 Å². The van der Waals surface area contributed by atoms with Crippen molar-refractivity contribution in [3.63, 3.8) is 0 Å². The summed E-state index contributed by atoms with van der Waals surface area (Å²) >= 11 is 2.90. The minimum absolute atomic E-state index is 0.134. The Balaban J connectivity index is 2.30. The number of amides is 1. The van der Waals surface area contributed by atoms with Gasteiger partial charge in [0.25, 0.3) is 0 Å². The minimum Gasteiger partial charge on any atom is -0.490 e. The molecule has 0 fully saturated rings. The maximum absolute atomic E-state index is 11.9. The molecule has 0 radical (unpaired) electrons. The summed E-state index contributed by atoms with van der Waals surface area (Å²) in [6.45, 7) is 3.78. The summed E-state index contributed by atoms with van der Waals surface area (Å²) < 4.78 is 30.8. The van der Waals surface area contributed by atoms with Crippen LogP contribution in [0.1, 0.15) is 13.8 Å². The molecule has 1 aromatic rings. The van der Waals surface area contributed by atoms with Crippen LogP contribution in [-0.2, 0) is 14.8 Å². The molecule has 1 aromatic carbocycles. The lowest BCUT2D eigenvalue weighted by atomic mass is 9.94. The predicted molar refractivity (Wildman–Crippen MR) is 80.7 cm³/mol. The second kappa shape index (κ2) is 5.25. The highest BCUT2D eigenvalue weighted by Crippen LogP contribution is 2.34. The van der Waals surface area contributed by atoms with Crippen LogP contribution >= 0.6 is 15.9 Å². The number of sulfonamides is 1. The van der Waals surface area contributed by atoms with Crippen LogP contribution in [-0.4, -0.2) is 25.6 Å². The summed E-state index contributed by atoms with van der Waals surface area (Å²) in [7, 11) is -3.42. The zero-order valence-corrected chi connectivity index (χ0v) is 13.5. The Hall–Kier alpha value is -1.28. The van der Waals surface area contributed by atoms with Gasteiger partial charge in [-0.15, -0.1) is 0 Å². The first-order chi connectivity index (χ1) is 9.23. The third-order valence-electron chi connectivity index (χ3n) is 2.85. The lowest BCUT2D eigenvalue weighted by Crippen LogP contribution is -2.33. The Morgan fingerprint density at radius 1 is 1.45 bits per heavy atom. The Morgan fingerprint density at radius 2 is 2.15 bits per heavy atom. The van der Waals surface area contributed by atoms with Crippen molar-refractivity contribution in [1.82, 2.24) is 0 Å². The van der Waals surface area contributed by atoms with Crippen molar-refractivity contribution >= 4 is 43.2 Å². The van der Waals surface area contributed by atoms with E-state index in [4.69, 9.17) is 4.74 Å². The summed E-state index contributed by atoms with van der Waals surface area (Å²) in [4.78, 5) is 11.9. The number of carbonyl (C=O) groups excluding carboxylic acids is 1. The van der Waals surface area contributed by atoms with Crippen LogP contribution in [0.4, 0.5) is 11.4 Å². The largest absolute Gasteiger partial charge is 0.490 e. The van der Waals surface area contributed by atoms with E-state index in [0.717, 1.165) is 0 Å². The van der Waals surface area contributed by atoms with Crippen LogP contribution in [0, 0.1) is 5.41 Å². The highest BCUT2D eigenvalue weighted by molar-refractivity contribution is 9.10. The second-order valence-electron chi connectivity index (χ2n) is 5.16. The van der Waals surface area contributed by atoms with E-state index in [1.807, 2.05) is 0 Å². The van der Waals surface area contributed by atoms with Gasteiger partial charge >= 0.3 is 0 Å². The van der Waals surface area contributed by atoms with E-state index < -0.39 is 15.4 Å². The number of anilines is 2. The quantitative estimate of drug-likeness (QED) is 0.806. The Morgan fingerprint density at radius 3 is 2.80 bits per heavy atom. The molecule has 0 aromatic heterocycles. The van der Waals surface area contributed by atoms with Crippen LogP contribution in [0.25, 0.3) is 0 Å². The molecule has 1 aliphatic rings. The van der Waals surface area contributed by atoms with Gasteiger partial charge in [-0.05, 0) is 26.0 Å². The SMILES string of the molecule is CC1(C)COc2cc(NS(=O)(=O)CBr)ccc2NC1=O. The number of fused-ring (bicyclic) bond motifs is 1. The Labute approximate surface area is 126 Å². The average Bonchev–Trinajstić information content (AvgIpc) is 2.48. The van der Waals surface area contributed by atoms with E-state index in [0.29, 0.717) is 17.1 Å². The zero-order valence-electron chi connectivity index (χ0n) is 11.1. The van der Waals surface area contributed by atoms with E-state index in [1.54, 1.807) is 32.0 Å². The van der Waals surface area contributed by atoms with Crippen molar-refractivity contribution in [3.05, 3.63) is 18.2 Å². The number of hydrogen-bond donors (Lipinski definition) is 2. The molecule has 0 unspecified atom stereocenters. The molecular formula is C12H15BrN2O4S. The Kier molecular flexibility index (Phi) is 3.97. The third-order valence-corrected chi connectivity index (χ3v) is 5.49. The summed E-state index contributed by atoms with van der Waals surface area (Å²) in [5.74, 6) is 0.309. The van der Waals surface area contributed by atoms with Crippen molar-refractivity contribution in [3.8, 4) is 5.75 Å². The van der Waals surface area contributed by atoms with Crippen LogP contribution in [0.15, 0.2) is 18.2 Å². The summed E-state index contributed by atoms with van der Waals surface area (Å²) in [5.41, 5.74) is 0.272. The van der Waals surface area contributed by atoms with Gasteiger partial charge in [0, 0.05) is 6.07 Å². The van der Waals surface area contributed by atoms with Crippen LogP contribution in [0.2, 0.25) is 0 Å². The van der Waals surface area contributed by atoms with Gasteiger partial charge in [0.15, 0.2) is 0 Å². The average molecular weight is 363 g/mol. The molecular weight excluding hydrogens is 348 g/mol. The molecule has 0 saturated heterocycles. The van der Waals surface area contributed by atoms with Gasteiger partial charge in [-0.1, -0.05) is 15.9 Å². The number of nitrogens with one attached hydrogen (secondary N) is 2. The highest BCUT2D eigenvalue weighted by atomic mass is 79.9. The number of rotatable bonds is 3. The summed E-state index contributed by atoms with van der Waals surface area (Å²) in [6, 6.07) is 4.74. The first-order valence-corrected chi connectivity index (χ1v) is 8.66. The van der Waals surface area contributed by atoms with E-state index in [-0.39, 0.29) is 17.2 Å². The number of ether oxygens (including phenoxy) is 1. The molecule has 1 amide bonds. The summed E-state index contributed by atoms with van der Waals surface area (Å²) in [5, 5.41) is 2.77. The maximum atomic E-state index is 11.9. The van der Waals surface area contributed by atoms with Crippen LogP contribution in [0.5, 0.6) is 5.75 Å². The van der Waals surface area contributed by atoms with Gasteiger partial charge in [-0.3, -0.25) is 9.52 Å². The number of benzene rings is 1. The van der Waals surface area contributed by atoms with E-state index in [1.165, 1.54) is 0 Å². The van der Waals surface area contributed by atoms with Gasteiger partial charge in [-0.2, -0.15) is 0 Å². The minimum atomic E-state index is -3.42. The van der Waals surface area contributed by atoms with Crippen molar-refractivity contribution in [2.45, 2.75) is 13.8 Å². The van der Waals surface area contributed by atoms with Crippen molar-refractivity contribution in [2.24, 2.45) is 5.41 Å². The fourth-order valence-corrected chi connectivity index (χ4v) is 2.51. The fraction of sp³-hybridized carbons (Fsp3) is 0.417. The molecule has 1 aliphatic heterocycles. The first-order valence-electron chi connectivity index (χ1n) is 5.88. The molecule has 0 aliphatic carbocycles. The monoisotopic (exact) mass is 362 g/mol. The number of hydrogen-bond acceptors (Lipinski definition) is 4. The van der Waals surface area contributed by atoms with Gasteiger partial charge < -0.3 is 10.1 Å². The molecule has 0 spiro atoms. The first kappa shape index (κ1) is 15.1. The van der Waals surface area contributed by atoms with Crippen LogP contribution < -0.4 is 14.8 Å². The number of alkyl halides is 1. The van der Waals surface area contributed by atoms with Gasteiger partial charge in [0.2, 0.25) is 15.9 Å². The summed E-state index contributed by atoms with van der Waals surface area (Å²) in [6.07, 6.45) is 0. The van der Waals surface area contributed by atoms with Gasteiger partial charge in [-0.25, -0.2) is 8.42 Å². The lowest BCUT2D eigenvalue weighted by Gasteiger charge is -2.18. The topological polar surface area (TPSA) is 84.5 Å². The van der Waals surface area contributed by atoms with E-state index >= 15 is 0 Å². The Bertz CT molecular complexity index is 643. The smallest absolute Gasteiger partial charge is 0.242 e. The number of carbonyl (C=O) groups is 1. The van der Waals surface area contributed by atoms with E-state index in [9.17, 15) is 13.2 Å². The molecule has 1 heterocycles. The molecule has 0 bridgehead atoms. The van der Waals surface area contributed by atoms with Crippen molar-refractivity contribution < 1.29 is 17.9 Å². The zero-order chi connectivity index (χ0) is 15.0. The second-order valence-corrected chi connectivity index (χ2v) is 8.19. The highest BCUT2D eigenvalue weighted by Gasteiger charge is 2.32. The number of halogens is 1. The molecule has 0 atom stereocenters. The molecule has 8 heteroatoms. The maximum Gasteiger partial charge on any atom is 0.242 e.